The molecule has 0 aliphatic rings. The number of phenols is 1. The van der Waals surface area contributed by atoms with Crippen LogP contribution < -0.4 is 0 Å². The van der Waals surface area contributed by atoms with Gasteiger partial charge in [-0.25, -0.2) is 0 Å². The third-order valence-corrected chi connectivity index (χ3v) is 2.71. The van der Waals surface area contributed by atoms with Crippen molar-refractivity contribution in [2.75, 3.05) is 12.9 Å². The average Bonchev–Trinajstić information content (AvgIpc) is 2.20. The number of hydrogen-bond donors (Lipinski definition) is 1. The van der Waals surface area contributed by atoms with Gasteiger partial charge < -0.3 is 9.84 Å². The van der Waals surface area contributed by atoms with Crippen LogP contribution in [0.4, 0.5) is 0 Å². The molecule has 0 aliphatic carbocycles. The number of hydrogen-bond acceptors (Lipinski definition) is 4. The van der Waals surface area contributed by atoms with Gasteiger partial charge in [-0.05, 0) is 24.0 Å². The van der Waals surface area contributed by atoms with E-state index in [1.54, 1.807) is 6.07 Å². The Morgan fingerprint density at radius 3 is 2.87 bits per heavy atom. The van der Waals surface area contributed by atoms with Crippen molar-refractivity contribution >= 4 is 17.7 Å². The second-order valence-electron chi connectivity index (χ2n) is 3.10. The highest BCUT2D eigenvalue weighted by molar-refractivity contribution is 7.98. The van der Waals surface area contributed by atoms with Crippen LogP contribution in [0.15, 0.2) is 23.1 Å². The summed E-state index contributed by atoms with van der Waals surface area (Å²) in [7, 11) is 0. The number of aromatic hydroxyl groups is 1. The Balaban J connectivity index is 2.58. The molecule has 0 radical (unpaired) electrons. The fourth-order valence-corrected chi connectivity index (χ4v) is 1.74. The summed E-state index contributed by atoms with van der Waals surface area (Å²) in [5, 5.41) is 9.44. The maximum Gasteiger partial charge on any atom is 0.302 e. The lowest BCUT2D eigenvalue weighted by atomic mass is 10.1. The van der Waals surface area contributed by atoms with Crippen molar-refractivity contribution in [2.45, 2.75) is 18.2 Å². The van der Waals surface area contributed by atoms with E-state index < -0.39 is 0 Å². The number of ether oxygens (including phenoxy) is 1. The van der Waals surface area contributed by atoms with E-state index in [1.165, 1.54) is 18.7 Å². The van der Waals surface area contributed by atoms with Gasteiger partial charge in [0.05, 0.1) is 6.61 Å². The van der Waals surface area contributed by atoms with E-state index in [9.17, 15) is 9.90 Å². The smallest absolute Gasteiger partial charge is 0.302 e. The van der Waals surface area contributed by atoms with Gasteiger partial charge >= 0.3 is 5.97 Å². The van der Waals surface area contributed by atoms with Crippen molar-refractivity contribution in [1.82, 2.24) is 0 Å². The van der Waals surface area contributed by atoms with Crippen LogP contribution in [0.2, 0.25) is 0 Å². The molecular weight excluding hydrogens is 212 g/mol. The molecule has 1 rings (SSSR count). The lowest BCUT2D eigenvalue weighted by Gasteiger charge is -2.05. The molecule has 0 unspecified atom stereocenters. The molecule has 0 bridgehead atoms. The predicted octanol–water partition coefficient (Wildman–Crippen LogP) is 2.22. The summed E-state index contributed by atoms with van der Waals surface area (Å²) >= 11 is 1.49. The molecule has 15 heavy (non-hydrogen) atoms. The normalized spacial score (nSPS) is 10.0. The molecule has 0 aliphatic heterocycles. The molecule has 0 saturated carbocycles. The average molecular weight is 226 g/mol. The molecule has 1 aromatic carbocycles. The van der Waals surface area contributed by atoms with Crippen molar-refractivity contribution in [1.29, 1.82) is 0 Å². The van der Waals surface area contributed by atoms with Gasteiger partial charge in [0.2, 0.25) is 0 Å². The Labute approximate surface area is 93.4 Å². The van der Waals surface area contributed by atoms with E-state index in [-0.39, 0.29) is 5.97 Å². The van der Waals surface area contributed by atoms with Crippen LogP contribution in [0.3, 0.4) is 0 Å². The van der Waals surface area contributed by atoms with Crippen molar-refractivity contribution < 1.29 is 14.6 Å². The van der Waals surface area contributed by atoms with E-state index in [0.717, 1.165) is 10.5 Å². The first-order chi connectivity index (χ1) is 7.13. The van der Waals surface area contributed by atoms with Gasteiger partial charge in [-0.3, -0.25) is 4.79 Å². The number of carbonyl (C=O) groups is 1. The molecular formula is C11H14O3S. The van der Waals surface area contributed by atoms with Gasteiger partial charge in [0.15, 0.2) is 0 Å². The van der Waals surface area contributed by atoms with Gasteiger partial charge in [-0.2, -0.15) is 0 Å². The number of thioether (sulfide) groups is 1. The van der Waals surface area contributed by atoms with Gasteiger partial charge in [-0.15, -0.1) is 11.8 Å². The summed E-state index contributed by atoms with van der Waals surface area (Å²) in [5.41, 5.74) is 1.05. The summed E-state index contributed by atoms with van der Waals surface area (Å²) in [6, 6.07) is 5.40. The van der Waals surface area contributed by atoms with E-state index in [1.807, 2.05) is 18.4 Å². The van der Waals surface area contributed by atoms with Crippen LogP contribution in [-0.2, 0) is 16.0 Å². The monoisotopic (exact) mass is 226 g/mol. The molecule has 4 heteroatoms. The Hall–Kier alpha value is -1.16. The third-order valence-electron chi connectivity index (χ3n) is 1.94. The largest absolute Gasteiger partial charge is 0.507 e. The summed E-state index contributed by atoms with van der Waals surface area (Å²) in [6.45, 7) is 1.78. The maximum absolute atomic E-state index is 10.5. The first-order valence-corrected chi connectivity index (χ1v) is 5.85. The highest BCUT2D eigenvalue weighted by Gasteiger charge is 2.02. The van der Waals surface area contributed by atoms with Crippen molar-refractivity contribution in [3.8, 4) is 5.75 Å². The molecule has 0 fully saturated rings. The topological polar surface area (TPSA) is 46.5 Å². The Bertz CT molecular complexity index is 350. The predicted molar refractivity (Wildman–Crippen MR) is 60.2 cm³/mol. The minimum atomic E-state index is -0.265. The minimum absolute atomic E-state index is 0.265. The number of esters is 1. The molecule has 1 N–H and O–H groups in total. The molecule has 0 amide bonds. The third kappa shape index (κ3) is 3.83. The second-order valence-corrected chi connectivity index (χ2v) is 3.94. The van der Waals surface area contributed by atoms with Gasteiger partial charge in [0.25, 0.3) is 0 Å². The Kier molecular flexibility index (Phi) is 4.49. The molecule has 0 heterocycles. The second kappa shape index (κ2) is 5.66. The summed E-state index contributed by atoms with van der Waals surface area (Å²) in [4.78, 5) is 11.4. The van der Waals surface area contributed by atoms with Crippen LogP contribution in [0.5, 0.6) is 5.75 Å². The highest BCUT2D eigenvalue weighted by atomic mass is 32.2. The fourth-order valence-electron chi connectivity index (χ4n) is 1.19. The molecule has 0 aromatic heterocycles. The number of carbonyl (C=O) groups excluding carboxylic acids is 1. The molecule has 1 aromatic rings. The molecule has 0 spiro atoms. The van der Waals surface area contributed by atoms with Gasteiger partial charge in [-0.1, -0.05) is 6.07 Å². The van der Waals surface area contributed by atoms with Crippen molar-refractivity contribution in [3.05, 3.63) is 23.8 Å². The van der Waals surface area contributed by atoms with Crippen LogP contribution in [0.25, 0.3) is 0 Å². The molecule has 0 atom stereocenters. The number of benzene rings is 1. The summed E-state index contributed by atoms with van der Waals surface area (Å²) in [6.07, 6.45) is 2.58. The van der Waals surface area contributed by atoms with Gasteiger partial charge in [0, 0.05) is 18.2 Å². The summed E-state index contributed by atoms with van der Waals surface area (Å²) in [5.74, 6) is 0.0256. The van der Waals surface area contributed by atoms with E-state index in [2.05, 4.69) is 0 Å². The zero-order chi connectivity index (χ0) is 11.3. The van der Waals surface area contributed by atoms with Crippen LogP contribution in [0.1, 0.15) is 12.5 Å². The minimum Gasteiger partial charge on any atom is -0.507 e. The van der Waals surface area contributed by atoms with Crippen LogP contribution in [-0.4, -0.2) is 23.9 Å². The quantitative estimate of drug-likeness (QED) is 0.631. The molecule has 82 valence electrons. The fraction of sp³-hybridized carbons (Fsp3) is 0.364. The molecule has 3 nitrogen and oxygen atoms in total. The molecule has 0 saturated heterocycles. The number of rotatable bonds is 4. The zero-order valence-electron chi connectivity index (χ0n) is 8.82. The number of phenolic OH excluding ortho intramolecular Hbond substituents is 1. The maximum atomic E-state index is 10.5. The van der Waals surface area contributed by atoms with Crippen molar-refractivity contribution in [2.24, 2.45) is 0 Å². The summed E-state index contributed by atoms with van der Waals surface area (Å²) < 4.78 is 4.84. The lowest BCUT2D eigenvalue weighted by molar-refractivity contribution is -0.140. The first kappa shape index (κ1) is 11.9. The lowest BCUT2D eigenvalue weighted by Crippen LogP contribution is -2.03. The van der Waals surface area contributed by atoms with Crippen LogP contribution >= 0.6 is 11.8 Å². The highest BCUT2D eigenvalue weighted by Crippen LogP contribution is 2.27. The Morgan fingerprint density at radius 2 is 2.27 bits per heavy atom. The zero-order valence-corrected chi connectivity index (χ0v) is 9.63. The Morgan fingerprint density at radius 1 is 1.53 bits per heavy atom. The van der Waals surface area contributed by atoms with Gasteiger partial charge in [0.1, 0.15) is 5.75 Å². The standard InChI is InChI=1S/C11H14O3S/c1-8(12)14-6-5-9-3-4-10(13)11(7-9)15-2/h3-4,7,13H,5-6H2,1-2H3. The SMILES string of the molecule is CSc1cc(CCOC(C)=O)ccc1O. The van der Waals surface area contributed by atoms with Crippen LogP contribution in [0, 0.1) is 0 Å². The first-order valence-electron chi connectivity index (χ1n) is 4.62. The van der Waals surface area contributed by atoms with E-state index in [0.29, 0.717) is 18.8 Å². The van der Waals surface area contributed by atoms with E-state index >= 15 is 0 Å². The van der Waals surface area contributed by atoms with E-state index in [4.69, 9.17) is 4.74 Å². The van der Waals surface area contributed by atoms with Crippen molar-refractivity contribution in [3.63, 3.8) is 0 Å².